The SMILES string of the molecule is CNC(=O)[C@@H]1C[C@@H](O)CN1C(=O)[C@@H](n1cc(CC2(O)CC(C(=O)O)C2)nn1)C(C)(C)C. The molecule has 3 atom stereocenters. The summed E-state index contributed by atoms with van der Waals surface area (Å²) in [6.45, 7) is 5.67. The van der Waals surface area contributed by atoms with Crippen LogP contribution >= 0.6 is 0 Å². The molecule has 2 aliphatic rings. The van der Waals surface area contributed by atoms with Crippen LogP contribution in [-0.2, 0) is 20.8 Å². The van der Waals surface area contributed by atoms with Crippen molar-refractivity contribution in [2.24, 2.45) is 11.3 Å². The standard InChI is InChI=1S/C20H31N5O6/c1-19(2,3)15(17(28)24-10-13(26)5-14(24)16(27)21-4)25-9-12(22-23-25)8-20(31)6-11(7-20)18(29)30/h9,11,13-15,26,31H,5-8,10H2,1-4H3,(H,21,27)(H,29,30)/t11?,13-,14+,15-,20?/m1/s1. The van der Waals surface area contributed by atoms with E-state index in [1.165, 1.54) is 16.6 Å². The van der Waals surface area contributed by atoms with Crippen molar-refractivity contribution in [3.63, 3.8) is 0 Å². The number of hydrogen-bond donors (Lipinski definition) is 4. The van der Waals surface area contributed by atoms with E-state index in [0.29, 0.717) is 5.69 Å². The van der Waals surface area contributed by atoms with Gasteiger partial charge in [0.2, 0.25) is 11.8 Å². The Balaban J connectivity index is 1.80. The maximum absolute atomic E-state index is 13.5. The summed E-state index contributed by atoms with van der Waals surface area (Å²) in [5.74, 6) is -2.17. The van der Waals surface area contributed by atoms with Gasteiger partial charge in [0.05, 0.1) is 23.3 Å². The van der Waals surface area contributed by atoms with E-state index in [1.807, 2.05) is 20.8 Å². The maximum Gasteiger partial charge on any atom is 0.306 e. The van der Waals surface area contributed by atoms with Gasteiger partial charge >= 0.3 is 5.97 Å². The molecule has 11 heteroatoms. The predicted molar refractivity (Wildman–Crippen MR) is 108 cm³/mol. The molecule has 0 spiro atoms. The number of aromatic nitrogens is 3. The molecule has 1 saturated carbocycles. The minimum Gasteiger partial charge on any atom is -0.481 e. The number of aliphatic carboxylic acids is 1. The Morgan fingerprint density at radius 1 is 1.32 bits per heavy atom. The Bertz CT molecular complexity index is 856. The first-order valence-corrected chi connectivity index (χ1v) is 10.4. The summed E-state index contributed by atoms with van der Waals surface area (Å²) in [5, 5.41) is 40.4. The van der Waals surface area contributed by atoms with Crippen LogP contribution in [0.2, 0.25) is 0 Å². The van der Waals surface area contributed by atoms with Crippen molar-refractivity contribution < 1.29 is 29.7 Å². The average molecular weight is 437 g/mol. The molecule has 2 amide bonds. The maximum atomic E-state index is 13.5. The number of aliphatic hydroxyl groups excluding tert-OH is 1. The number of carbonyl (C=O) groups excluding carboxylic acids is 2. The molecular weight excluding hydrogens is 406 g/mol. The Hall–Kier alpha value is -2.53. The number of nitrogens with zero attached hydrogens (tertiary/aromatic N) is 4. The zero-order valence-corrected chi connectivity index (χ0v) is 18.3. The largest absolute Gasteiger partial charge is 0.481 e. The van der Waals surface area contributed by atoms with Gasteiger partial charge in [-0.1, -0.05) is 26.0 Å². The summed E-state index contributed by atoms with van der Waals surface area (Å²) < 4.78 is 1.43. The topological polar surface area (TPSA) is 158 Å². The van der Waals surface area contributed by atoms with Crippen molar-refractivity contribution in [1.82, 2.24) is 25.2 Å². The Labute approximate surface area is 180 Å². The molecule has 11 nitrogen and oxygen atoms in total. The minimum absolute atomic E-state index is 0.0569. The van der Waals surface area contributed by atoms with Gasteiger partial charge in [0, 0.05) is 32.6 Å². The highest BCUT2D eigenvalue weighted by Crippen LogP contribution is 2.40. The number of carboxylic acid groups (broad SMARTS) is 1. The van der Waals surface area contributed by atoms with Crippen molar-refractivity contribution in [3.05, 3.63) is 11.9 Å². The van der Waals surface area contributed by atoms with Gasteiger partial charge in [-0.3, -0.25) is 14.4 Å². The first kappa shape index (κ1) is 23.1. The van der Waals surface area contributed by atoms with Crippen LogP contribution in [0.3, 0.4) is 0 Å². The van der Waals surface area contributed by atoms with Crippen molar-refractivity contribution in [2.45, 2.75) is 70.2 Å². The van der Waals surface area contributed by atoms with E-state index in [-0.39, 0.29) is 44.0 Å². The number of rotatable bonds is 6. The lowest BCUT2D eigenvalue weighted by Crippen LogP contribution is -2.50. The molecule has 1 aromatic rings. The molecule has 1 aromatic heterocycles. The summed E-state index contributed by atoms with van der Waals surface area (Å²) in [6.07, 6.45) is 1.41. The molecule has 1 saturated heterocycles. The van der Waals surface area contributed by atoms with Gasteiger partial charge < -0.3 is 25.5 Å². The monoisotopic (exact) mass is 437 g/mol. The highest BCUT2D eigenvalue weighted by Gasteiger charge is 2.48. The van der Waals surface area contributed by atoms with E-state index in [2.05, 4.69) is 15.6 Å². The third-order valence-corrected chi connectivity index (χ3v) is 6.10. The Kier molecular flexibility index (Phi) is 6.12. The van der Waals surface area contributed by atoms with Crippen LogP contribution in [0, 0.1) is 11.3 Å². The molecule has 172 valence electrons. The van der Waals surface area contributed by atoms with Crippen LogP contribution in [0.1, 0.15) is 51.8 Å². The first-order chi connectivity index (χ1) is 14.3. The quantitative estimate of drug-likeness (QED) is 0.457. The summed E-state index contributed by atoms with van der Waals surface area (Å²) in [6, 6.07) is -1.54. The number of hydrogen-bond acceptors (Lipinski definition) is 7. The molecule has 0 radical (unpaired) electrons. The van der Waals surface area contributed by atoms with Gasteiger partial charge in [-0.15, -0.1) is 5.10 Å². The molecule has 0 aromatic carbocycles. The molecular formula is C20H31N5O6. The van der Waals surface area contributed by atoms with E-state index >= 15 is 0 Å². The van der Waals surface area contributed by atoms with E-state index in [9.17, 15) is 24.6 Å². The Morgan fingerprint density at radius 2 is 1.97 bits per heavy atom. The third-order valence-electron chi connectivity index (χ3n) is 6.10. The van der Waals surface area contributed by atoms with Crippen molar-refractivity contribution in [3.8, 4) is 0 Å². The van der Waals surface area contributed by atoms with E-state index < -0.39 is 41.1 Å². The predicted octanol–water partition coefficient (Wildman–Crippen LogP) is -0.659. The fourth-order valence-electron chi connectivity index (χ4n) is 4.54. The average Bonchev–Trinajstić information content (AvgIpc) is 3.24. The number of carbonyl (C=O) groups is 3. The van der Waals surface area contributed by atoms with Crippen LogP contribution in [0.25, 0.3) is 0 Å². The normalized spacial score (nSPS) is 29.4. The van der Waals surface area contributed by atoms with E-state index in [4.69, 9.17) is 5.11 Å². The lowest BCUT2D eigenvalue weighted by atomic mass is 9.69. The van der Waals surface area contributed by atoms with Crippen molar-refractivity contribution >= 4 is 17.8 Å². The molecule has 0 bridgehead atoms. The first-order valence-electron chi connectivity index (χ1n) is 10.4. The number of β-amino-alcohol motifs (C(OH)–C–C–N with tert-alkyl or cyclic N) is 1. The molecule has 1 aliphatic carbocycles. The number of likely N-dealkylation sites (N-methyl/N-ethyl adjacent to an activating group) is 1. The van der Waals surface area contributed by atoms with Crippen LogP contribution < -0.4 is 5.32 Å². The summed E-state index contributed by atoms with van der Waals surface area (Å²) in [5.41, 5.74) is -1.27. The molecule has 3 rings (SSSR count). The second-order valence-electron chi connectivity index (χ2n) is 9.81. The fraction of sp³-hybridized carbons (Fsp3) is 0.750. The number of likely N-dealkylation sites (tertiary alicyclic amines) is 1. The molecule has 0 unspecified atom stereocenters. The number of aliphatic hydroxyl groups is 2. The summed E-state index contributed by atoms with van der Waals surface area (Å²) >= 11 is 0. The van der Waals surface area contributed by atoms with Gasteiger partial charge in [-0.25, -0.2) is 4.68 Å². The molecule has 1 aliphatic heterocycles. The number of amides is 2. The molecule has 2 fully saturated rings. The summed E-state index contributed by atoms with van der Waals surface area (Å²) in [7, 11) is 1.49. The lowest BCUT2D eigenvalue weighted by Gasteiger charge is -2.41. The van der Waals surface area contributed by atoms with Gasteiger partial charge in [-0.2, -0.15) is 0 Å². The number of nitrogens with one attached hydrogen (secondary N) is 1. The van der Waals surface area contributed by atoms with Gasteiger partial charge in [0.25, 0.3) is 0 Å². The van der Waals surface area contributed by atoms with Crippen LogP contribution in [-0.4, -0.2) is 84.3 Å². The second-order valence-corrected chi connectivity index (χ2v) is 9.81. The molecule has 31 heavy (non-hydrogen) atoms. The van der Waals surface area contributed by atoms with Gasteiger partial charge in [0.15, 0.2) is 0 Å². The van der Waals surface area contributed by atoms with Gasteiger partial charge in [0.1, 0.15) is 12.1 Å². The Morgan fingerprint density at radius 3 is 2.52 bits per heavy atom. The van der Waals surface area contributed by atoms with Crippen LogP contribution in [0.4, 0.5) is 0 Å². The molecule has 2 heterocycles. The van der Waals surface area contributed by atoms with E-state index in [0.717, 1.165) is 0 Å². The van der Waals surface area contributed by atoms with Crippen LogP contribution in [0.5, 0.6) is 0 Å². The van der Waals surface area contributed by atoms with Crippen molar-refractivity contribution in [2.75, 3.05) is 13.6 Å². The highest BCUT2D eigenvalue weighted by atomic mass is 16.4. The molecule has 4 N–H and O–H groups in total. The minimum atomic E-state index is -1.14. The van der Waals surface area contributed by atoms with Gasteiger partial charge in [-0.05, 0) is 18.3 Å². The second kappa shape index (κ2) is 8.19. The smallest absolute Gasteiger partial charge is 0.306 e. The zero-order valence-electron chi connectivity index (χ0n) is 18.3. The zero-order chi connectivity index (χ0) is 23.1. The lowest BCUT2D eigenvalue weighted by molar-refractivity contribution is -0.158. The summed E-state index contributed by atoms with van der Waals surface area (Å²) in [4.78, 5) is 38.1. The highest BCUT2D eigenvalue weighted by molar-refractivity contribution is 5.90. The fourth-order valence-corrected chi connectivity index (χ4v) is 4.54. The van der Waals surface area contributed by atoms with Crippen molar-refractivity contribution in [1.29, 1.82) is 0 Å². The van der Waals surface area contributed by atoms with Crippen LogP contribution in [0.15, 0.2) is 6.20 Å². The number of carboxylic acids is 1. The van der Waals surface area contributed by atoms with E-state index in [1.54, 1.807) is 6.20 Å². The third kappa shape index (κ3) is 4.72.